The van der Waals surface area contributed by atoms with E-state index in [0.29, 0.717) is 33.6 Å². The number of amides is 1. The van der Waals surface area contributed by atoms with Crippen LogP contribution in [0.2, 0.25) is 5.02 Å². The summed E-state index contributed by atoms with van der Waals surface area (Å²) in [6.45, 7) is 0.433. The van der Waals surface area contributed by atoms with Gasteiger partial charge < -0.3 is 10.1 Å². The Bertz CT molecular complexity index is 862. The van der Waals surface area contributed by atoms with Gasteiger partial charge in [-0.05, 0) is 37.8 Å². The molecule has 26 heavy (non-hydrogen) atoms. The molecule has 1 saturated carbocycles. The van der Waals surface area contributed by atoms with Crippen LogP contribution >= 0.6 is 22.9 Å². The Labute approximate surface area is 159 Å². The van der Waals surface area contributed by atoms with Gasteiger partial charge in [-0.2, -0.15) is 5.26 Å². The highest BCUT2D eigenvalue weighted by atomic mass is 35.5. The summed E-state index contributed by atoms with van der Waals surface area (Å²) in [6.07, 6.45) is 2.62. The van der Waals surface area contributed by atoms with Crippen molar-refractivity contribution in [3.05, 3.63) is 34.2 Å². The van der Waals surface area contributed by atoms with Crippen molar-refractivity contribution in [1.82, 2.24) is 4.98 Å². The van der Waals surface area contributed by atoms with Crippen molar-refractivity contribution in [2.45, 2.75) is 31.8 Å². The highest BCUT2D eigenvalue weighted by Crippen LogP contribution is 2.33. The van der Waals surface area contributed by atoms with Gasteiger partial charge in [0.1, 0.15) is 22.7 Å². The second-order valence-corrected chi connectivity index (χ2v) is 7.46. The molecule has 1 aromatic heterocycles. The number of nitrogens with one attached hydrogen (secondary N) is 1. The minimum atomic E-state index is -0.238. The van der Waals surface area contributed by atoms with Crippen molar-refractivity contribution in [3.8, 4) is 17.3 Å². The van der Waals surface area contributed by atoms with Crippen LogP contribution in [-0.2, 0) is 14.3 Å². The predicted octanol–water partition coefficient (Wildman–Crippen LogP) is 4.01. The van der Waals surface area contributed by atoms with Gasteiger partial charge in [-0.1, -0.05) is 35.1 Å². The highest BCUT2D eigenvalue weighted by molar-refractivity contribution is 7.16. The molecule has 6 nitrogen and oxygen atoms in total. The summed E-state index contributed by atoms with van der Waals surface area (Å²) in [6, 6.07) is 9.18. The molecular formula is C18H16ClN3O3S. The molecule has 3 rings (SSSR count). The second-order valence-electron chi connectivity index (χ2n) is 6.03. The third kappa shape index (κ3) is 4.21. The molecule has 0 aliphatic heterocycles. The number of anilines is 1. The molecule has 2 unspecified atom stereocenters. The zero-order chi connectivity index (χ0) is 18.5. The van der Waals surface area contributed by atoms with Crippen LogP contribution in [0.15, 0.2) is 24.3 Å². The first-order valence-electron chi connectivity index (χ1n) is 8.17. The summed E-state index contributed by atoms with van der Waals surface area (Å²) in [5.74, 6) is -0.405. The first-order valence-corrected chi connectivity index (χ1v) is 9.37. The number of hydrogen-bond acceptors (Lipinski definition) is 6. The number of carbonyl (C=O) groups is 2. The second kappa shape index (κ2) is 8.30. The number of aromatic nitrogens is 1. The lowest BCUT2D eigenvalue weighted by Gasteiger charge is -2.26. The minimum absolute atomic E-state index is 0.167. The zero-order valence-corrected chi connectivity index (χ0v) is 15.3. The molecule has 8 heteroatoms. The number of thiazole rings is 1. The number of halogens is 1. The Hall–Kier alpha value is -2.43. The van der Waals surface area contributed by atoms with Crippen LogP contribution in [0.25, 0.3) is 11.3 Å². The predicted molar refractivity (Wildman–Crippen MR) is 98.8 cm³/mol. The average molecular weight is 390 g/mol. The topological polar surface area (TPSA) is 92.1 Å². The van der Waals surface area contributed by atoms with E-state index in [1.807, 2.05) is 6.07 Å². The van der Waals surface area contributed by atoms with Crippen molar-refractivity contribution >= 4 is 40.4 Å². The SMILES string of the molecule is N#Cc1sc(NC(=O)C2CCCC(OC=O)C2)nc1-c1cccc(Cl)c1. The first kappa shape index (κ1) is 18.4. The van der Waals surface area contributed by atoms with E-state index in [2.05, 4.69) is 16.4 Å². The van der Waals surface area contributed by atoms with Crippen LogP contribution in [0.1, 0.15) is 30.6 Å². The number of nitriles is 1. The van der Waals surface area contributed by atoms with Crippen LogP contribution in [0.4, 0.5) is 5.13 Å². The Balaban J connectivity index is 1.75. The third-order valence-corrected chi connectivity index (χ3v) is 5.41. The standard InChI is InChI=1S/C18H16ClN3O3S/c19-13-5-1-3-11(7-13)16-15(9-20)26-18(21-16)22-17(24)12-4-2-6-14(8-12)25-10-23/h1,3,5,7,10,12,14H,2,4,6,8H2,(H,21,22,24). The number of hydrogen-bond donors (Lipinski definition) is 1. The lowest BCUT2D eigenvalue weighted by atomic mass is 9.86. The molecule has 0 radical (unpaired) electrons. The van der Waals surface area contributed by atoms with Gasteiger partial charge in [-0.15, -0.1) is 0 Å². The quantitative estimate of drug-likeness (QED) is 0.780. The van der Waals surface area contributed by atoms with E-state index in [4.69, 9.17) is 16.3 Å². The maximum absolute atomic E-state index is 12.5. The summed E-state index contributed by atoms with van der Waals surface area (Å²) in [5, 5.41) is 13.1. The molecule has 134 valence electrons. The summed E-state index contributed by atoms with van der Waals surface area (Å²) >= 11 is 7.14. The van der Waals surface area contributed by atoms with Crippen molar-refractivity contribution in [2.24, 2.45) is 5.92 Å². The Morgan fingerprint density at radius 3 is 3.04 bits per heavy atom. The summed E-state index contributed by atoms with van der Waals surface area (Å²) in [7, 11) is 0. The fourth-order valence-electron chi connectivity index (χ4n) is 3.07. The van der Waals surface area contributed by atoms with E-state index in [1.54, 1.807) is 18.2 Å². The maximum atomic E-state index is 12.5. The molecule has 1 heterocycles. The van der Waals surface area contributed by atoms with Crippen LogP contribution in [0, 0.1) is 17.2 Å². The normalized spacial score (nSPS) is 19.4. The maximum Gasteiger partial charge on any atom is 0.293 e. The lowest BCUT2D eigenvalue weighted by Crippen LogP contribution is -2.31. The van der Waals surface area contributed by atoms with Crippen LogP contribution < -0.4 is 5.32 Å². The van der Waals surface area contributed by atoms with Crippen molar-refractivity contribution < 1.29 is 14.3 Å². The first-order chi connectivity index (χ1) is 12.6. The van der Waals surface area contributed by atoms with Crippen LogP contribution in [0.5, 0.6) is 0 Å². The van der Waals surface area contributed by atoms with Gasteiger partial charge in [0.2, 0.25) is 5.91 Å². The highest BCUT2D eigenvalue weighted by Gasteiger charge is 2.29. The fraction of sp³-hybridized carbons (Fsp3) is 0.333. The van der Waals surface area contributed by atoms with Gasteiger partial charge in [0.25, 0.3) is 6.47 Å². The summed E-state index contributed by atoms with van der Waals surface area (Å²) in [4.78, 5) is 27.8. The van der Waals surface area contributed by atoms with Gasteiger partial charge in [-0.3, -0.25) is 9.59 Å². The molecule has 1 aliphatic carbocycles. The molecule has 1 aromatic carbocycles. The van der Waals surface area contributed by atoms with Gasteiger partial charge >= 0.3 is 0 Å². The molecule has 1 amide bonds. The van der Waals surface area contributed by atoms with Gasteiger partial charge in [0, 0.05) is 16.5 Å². The fourth-order valence-corrected chi connectivity index (χ4v) is 4.05. The van der Waals surface area contributed by atoms with Crippen LogP contribution in [-0.4, -0.2) is 23.5 Å². The average Bonchev–Trinajstić information content (AvgIpc) is 3.05. The summed E-state index contributed by atoms with van der Waals surface area (Å²) < 4.78 is 4.99. The minimum Gasteiger partial charge on any atom is -0.465 e. The smallest absolute Gasteiger partial charge is 0.293 e. The summed E-state index contributed by atoms with van der Waals surface area (Å²) in [5.41, 5.74) is 1.23. The van der Waals surface area contributed by atoms with E-state index in [0.717, 1.165) is 36.2 Å². The van der Waals surface area contributed by atoms with Crippen molar-refractivity contribution in [3.63, 3.8) is 0 Å². The molecular weight excluding hydrogens is 374 g/mol. The van der Waals surface area contributed by atoms with Crippen molar-refractivity contribution in [1.29, 1.82) is 5.26 Å². The van der Waals surface area contributed by atoms with Crippen LogP contribution in [0.3, 0.4) is 0 Å². The van der Waals surface area contributed by atoms with E-state index in [9.17, 15) is 14.9 Å². The largest absolute Gasteiger partial charge is 0.465 e. The zero-order valence-electron chi connectivity index (χ0n) is 13.8. The van der Waals surface area contributed by atoms with Crippen molar-refractivity contribution in [2.75, 3.05) is 5.32 Å². The van der Waals surface area contributed by atoms with E-state index in [1.165, 1.54) is 0 Å². The Kier molecular flexibility index (Phi) is 5.86. The number of nitrogens with zero attached hydrogens (tertiary/aromatic N) is 2. The number of carbonyl (C=O) groups excluding carboxylic acids is 2. The van der Waals surface area contributed by atoms with E-state index < -0.39 is 0 Å². The molecule has 2 atom stereocenters. The number of ether oxygens (including phenoxy) is 1. The number of benzene rings is 1. The Morgan fingerprint density at radius 2 is 2.31 bits per heavy atom. The lowest BCUT2D eigenvalue weighted by molar-refractivity contribution is -0.137. The van der Waals surface area contributed by atoms with E-state index in [-0.39, 0.29) is 17.9 Å². The molecule has 0 spiro atoms. The molecule has 2 aromatic rings. The third-order valence-electron chi connectivity index (χ3n) is 4.30. The molecule has 1 N–H and O–H groups in total. The van der Waals surface area contributed by atoms with Gasteiger partial charge in [0.15, 0.2) is 5.13 Å². The van der Waals surface area contributed by atoms with E-state index >= 15 is 0 Å². The molecule has 1 aliphatic rings. The molecule has 0 bridgehead atoms. The monoisotopic (exact) mass is 389 g/mol. The Morgan fingerprint density at radius 1 is 1.46 bits per heavy atom. The molecule has 1 fully saturated rings. The van der Waals surface area contributed by atoms with Gasteiger partial charge in [-0.25, -0.2) is 4.98 Å². The van der Waals surface area contributed by atoms with Gasteiger partial charge in [0.05, 0.1) is 0 Å². The number of rotatable bonds is 5. The molecule has 0 saturated heterocycles.